The lowest BCUT2D eigenvalue weighted by atomic mass is 10.1. The molecule has 0 bridgehead atoms. The average Bonchev–Trinajstić information content (AvgIpc) is 2.63. The van der Waals surface area contributed by atoms with E-state index in [0.717, 1.165) is 16.3 Å². The number of hydrogen-bond acceptors (Lipinski definition) is 4. The van der Waals surface area contributed by atoms with Crippen molar-refractivity contribution in [2.24, 2.45) is 5.73 Å². The number of ether oxygens (including phenoxy) is 1. The third kappa shape index (κ3) is 3.00. The van der Waals surface area contributed by atoms with Gasteiger partial charge < -0.3 is 15.5 Å². The van der Waals surface area contributed by atoms with Crippen molar-refractivity contribution >= 4 is 27.7 Å². The monoisotopic (exact) mass is 345 g/mol. The molecule has 0 saturated carbocycles. The molecule has 26 heavy (non-hydrogen) atoms. The van der Waals surface area contributed by atoms with Crippen molar-refractivity contribution in [2.75, 3.05) is 0 Å². The van der Waals surface area contributed by atoms with E-state index in [4.69, 9.17) is 10.5 Å². The van der Waals surface area contributed by atoms with Crippen molar-refractivity contribution in [3.05, 3.63) is 76.7 Å². The van der Waals surface area contributed by atoms with Crippen LogP contribution in [0.5, 0.6) is 11.5 Å². The van der Waals surface area contributed by atoms with E-state index in [1.54, 1.807) is 42.6 Å². The number of hydrogen-bond donors (Lipinski definition) is 2. The van der Waals surface area contributed by atoms with Gasteiger partial charge in [0.05, 0.1) is 6.42 Å². The molecule has 4 aromatic rings. The van der Waals surface area contributed by atoms with Crippen molar-refractivity contribution in [1.29, 1.82) is 0 Å². The lowest BCUT2D eigenvalue weighted by molar-refractivity contribution is -0.117. The molecule has 0 atom stereocenters. The van der Waals surface area contributed by atoms with Gasteiger partial charge in [0.2, 0.25) is 5.91 Å². The maximum Gasteiger partial charge on any atom is 0.257 e. The number of carbonyl (C=O) groups excluding carboxylic acids is 1. The molecular formula is C20H15N3O3. The Morgan fingerprint density at radius 3 is 2.54 bits per heavy atom. The van der Waals surface area contributed by atoms with Crippen LogP contribution >= 0.6 is 0 Å². The van der Waals surface area contributed by atoms with E-state index in [2.05, 4.69) is 9.97 Å². The highest BCUT2D eigenvalue weighted by atomic mass is 16.5. The quantitative estimate of drug-likeness (QED) is 0.556. The predicted molar refractivity (Wildman–Crippen MR) is 99.3 cm³/mol. The number of primary amides is 1. The first-order chi connectivity index (χ1) is 12.6. The van der Waals surface area contributed by atoms with Crippen LogP contribution in [0.4, 0.5) is 0 Å². The summed E-state index contributed by atoms with van der Waals surface area (Å²) in [6.45, 7) is 0. The van der Waals surface area contributed by atoms with Gasteiger partial charge in [-0.15, -0.1) is 0 Å². The van der Waals surface area contributed by atoms with E-state index >= 15 is 0 Å². The van der Waals surface area contributed by atoms with Gasteiger partial charge >= 0.3 is 0 Å². The zero-order valence-electron chi connectivity index (χ0n) is 13.7. The average molecular weight is 345 g/mol. The normalized spacial score (nSPS) is 10.9. The molecule has 0 radical (unpaired) electrons. The summed E-state index contributed by atoms with van der Waals surface area (Å²) in [7, 11) is 0. The molecule has 2 aromatic carbocycles. The number of H-pyrrole nitrogens is 1. The largest absolute Gasteiger partial charge is 0.457 e. The molecule has 0 unspecified atom stereocenters. The number of amides is 1. The lowest BCUT2D eigenvalue weighted by Crippen LogP contribution is -2.13. The van der Waals surface area contributed by atoms with Crippen LogP contribution in [0.3, 0.4) is 0 Å². The first-order valence-corrected chi connectivity index (χ1v) is 8.06. The fourth-order valence-electron chi connectivity index (χ4n) is 2.92. The number of nitrogens with one attached hydrogen (secondary N) is 1. The van der Waals surface area contributed by atoms with Crippen LogP contribution in [0.2, 0.25) is 0 Å². The van der Waals surface area contributed by atoms with Gasteiger partial charge in [-0.3, -0.25) is 9.59 Å². The van der Waals surface area contributed by atoms with Crippen molar-refractivity contribution in [1.82, 2.24) is 9.97 Å². The van der Waals surface area contributed by atoms with Gasteiger partial charge in [0.1, 0.15) is 17.1 Å². The SMILES string of the molecule is NC(=O)Cc1ccc(Oc2ccc3c(=O)[nH]c4ncccc4c3c2)cc1. The van der Waals surface area contributed by atoms with Gasteiger partial charge in [-0.1, -0.05) is 12.1 Å². The van der Waals surface area contributed by atoms with Crippen LogP contribution in [0.15, 0.2) is 65.6 Å². The predicted octanol–water partition coefficient (Wildman–Crippen LogP) is 2.90. The number of pyridine rings is 2. The highest BCUT2D eigenvalue weighted by Crippen LogP contribution is 2.28. The number of aromatic nitrogens is 2. The van der Waals surface area contributed by atoms with E-state index in [1.807, 2.05) is 18.2 Å². The molecule has 128 valence electrons. The highest BCUT2D eigenvalue weighted by Gasteiger charge is 2.08. The molecular weight excluding hydrogens is 330 g/mol. The van der Waals surface area contributed by atoms with Crippen LogP contribution in [0, 0.1) is 0 Å². The fraction of sp³-hybridized carbons (Fsp3) is 0.0500. The van der Waals surface area contributed by atoms with Crippen molar-refractivity contribution in [3.8, 4) is 11.5 Å². The zero-order valence-corrected chi connectivity index (χ0v) is 13.7. The Hall–Kier alpha value is -3.67. The van der Waals surface area contributed by atoms with Gasteiger partial charge in [0, 0.05) is 22.4 Å². The molecule has 6 nitrogen and oxygen atoms in total. The molecule has 3 N–H and O–H groups in total. The number of benzene rings is 2. The molecule has 4 rings (SSSR count). The summed E-state index contributed by atoms with van der Waals surface area (Å²) in [5, 5.41) is 2.21. The number of nitrogens with two attached hydrogens (primary N) is 1. The minimum Gasteiger partial charge on any atom is -0.457 e. The second kappa shape index (κ2) is 6.33. The van der Waals surface area contributed by atoms with Gasteiger partial charge in [0.15, 0.2) is 0 Å². The van der Waals surface area contributed by atoms with E-state index in [-0.39, 0.29) is 17.9 Å². The maximum absolute atomic E-state index is 12.2. The van der Waals surface area contributed by atoms with Crippen molar-refractivity contribution in [2.45, 2.75) is 6.42 Å². The summed E-state index contributed by atoms with van der Waals surface area (Å²) < 4.78 is 5.89. The van der Waals surface area contributed by atoms with Crippen molar-refractivity contribution < 1.29 is 9.53 Å². The second-order valence-electron chi connectivity index (χ2n) is 5.95. The van der Waals surface area contributed by atoms with Gasteiger partial charge in [-0.2, -0.15) is 0 Å². The van der Waals surface area contributed by atoms with Crippen LogP contribution in [0.1, 0.15) is 5.56 Å². The fourth-order valence-corrected chi connectivity index (χ4v) is 2.92. The third-order valence-corrected chi connectivity index (χ3v) is 4.10. The van der Waals surface area contributed by atoms with E-state index in [0.29, 0.717) is 22.5 Å². The lowest BCUT2D eigenvalue weighted by Gasteiger charge is -2.09. The standard InChI is InChI=1S/C20H15N3O3/c21-18(24)10-12-3-5-13(6-4-12)26-14-7-8-16-17(11-14)15-2-1-9-22-19(15)23-20(16)25/h1-9,11H,10H2,(H2,21,24)(H,22,23,25). The highest BCUT2D eigenvalue weighted by molar-refractivity contribution is 6.04. The molecule has 1 amide bonds. The van der Waals surface area contributed by atoms with Crippen LogP contribution in [0.25, 0.3) is 21.8 Å². The third-order valence-electron chi connectivity index (χ3n) is 4.10. The molecule has 2 heterocycles. The first-order valence-electron chi connectivity index (χ1n) is 8.06. The summed E-state index contributed by atoms with van der Waals surface area (Å²) in [4.78, 5) is 30.2. The summed E-state index contributed by atoms with van der Waals surface area (Å²) in [6, 6.07) is 16.2. The number of aromatic amines is 1. The Morgan fingerprint density at radius 1 is 1.00 bits per heavy atom. The second-order valence-corrected chi connectivity index (χ2v) is 5.95. The van der Waals surface area contributed by atoms with E-state index in [9.17, 15) is 9.59 Å². The Morgan fingerprint density at radius 2 is 1.77 bits per heavy atom. The Balaban J connectivity index is 1.72. The molecule has 0 fully saturated rings. The number of rotatable bonds is 4. The summed E-state index contributed by atoms with van der Waals surface area (Å²) in [6.07, 6.45) is 1.83. The van der Waals surface area contributed by atoms with E-state index < -0.39 is 0 Å². The molecule has 0 saturated heterocycles. The Labute approximate surface area is 148 Å². The minimum absolute atomic E-state index is 0.187. The molecule has 0 aliphatic heterocycles. The number of fused-ring (bicyclic) bond motifs is 3. The molecule has 0 aliphatic carbocycles. The number of carbonyl (C=O) groups is 1. The number of nitrogens with zero attached hydrogens (tertiary/aromatic N) is 1. The van der Waals surface area contributed by atoms with Gasteiger partial charge in [-0.25, -0.2) is 4.98 Å². The Bertz CT molecular complexity index is 1180. The summed E-state index contributed by atoms with van der Waals surface area (Å²) in [5.41, 5.74) is 6.37. The van der Waals surface area contributed by atoms with Crippen LogP contribution < -0.4 is 16.0 Å². The van der Waals surface area contributed by atoms with Gasteiger partial charge in [0.25, 0.3) is 5.56 Å². The minimum atomic E-state index is -0.376. The Kier molecular flexibility index (Phi) is 3.85. The van der Waals surface area contributed by atoms with Crippen molar-refractivity contribution in [3.63, 3.8) is 0 Å². The summed E-state index contributed by atoms with van der Waals surface area (Å²) >= 11 is 0. The first kappa shape index (κ1) is 15.8. The topological polar surface area (TPSA) is 98.1 Å². The van der Waals surface area contributed by atoms with Gasteiger partial charge in [-0.05, 0) is 48.0 Å². The van der Waals surface area contributed by atoms with Crippen LogP contribution in [-0.4, -0.2) is 15.9 Å². The van der Waals surface area contributed by atoms with E-state index in [1.165, 1.54) is 0 Å². The molecule has 2 aromatic heterocycles. The maximum atomic E-state index is 12.2. The molecule has 6 heteroatoms. The molecule has 0 spiro atoms. The summed E-state index contributed by atoms with van der Waals surface area (Å²) in [5.74, 6) is 0.861. The molecule has 0 aliphatic rings. The van der Waals surface area contributed by atoms with Crippen LogP contribution in [-0.2, 0) is 11.2 Å². The smallest absolute Gasteiger partial charge is 0.257 e. The zero-order chi connectivity index (χ0) is 18.1.